The number of carbonyl (C=O) groups excluding carboxylic acids is 3. The predicted octanol–water partition coefficient (Wildman–Crippen LogP) is 2.06. The molecule has 2 amide bonds. The van der Waals surface area contributed by atoms with Gasteiger partial charge in [-0.25, -0.2) is 9.78 Å². The van der Waals surface area contributed by atoms with E-state index in [-0.39, 0.29) is 11.6 Å². The topological polar surface area (TPSA) is 88.6 Å². The first-order valence-corrected chi connectivity index (χ1v) is 8.75. The van der Waals surface area contributed by atoms with Crippen molar-refractivity contribution in [2.45, 2.75) is 19.4 Å². The summed E-state index contributed by atoms with van der Waals surface area (Å²) in [4.78, 5) is 40.6. The third kappa shape index (κ3) is 4.42. The Balaban J connectivity index is 1.48. The summed E-state index contributed by atoms with van der Waals surface area (Å²) in [5.41, 5.74) is 1.24. The Morgan fingerprint density at radius 1 is 1.28 bits per heavy atom. The number of carbonyl (C=O) groups is 3. The Hall–Kier alpha value is -2.74. The van der Waals surface area contributed by atoms with Crippen LogP contribution in [0.4, 0.5) is 5.13 Å². The molecular weight excluding hydrogens is 342 g/mol. The first-order valence-electron chi connectivity index (χ1n) is 7.87. The normalized spacial score (nSPS) is 13.8. The standard InChI is InChI=1S/C17H17N3O4S/c21-14-7-4-8-20(14)15(22)10-24-16(23)13-11-25-17(19-13)18-9-12-5-2-1-3-6-12/h1-3,5-6,11H,4,7-10H2,(H,18,19). The zero-order valence-corrected chi connectivity index (χ0v) is 14.3. The molecule has 1 fully saturated rings. The number of rotatable bonds is 6. The minimum Gasteiger partial charge on any atom is -0.451 e. The fraction of sp³-hybridized carbons (Fsp3) is 0.294. The molecular formula is C17H17N3O4S. The van der Waals surface area contributed by atoms with Gasteiger partial charge in [-0.1, -0.05) is 30.3 Å². The number of hydrogen-bond acceptors (Lipinski definition) is 7. The highest BCUT2D eigenvalue weighted by Crippen LogP contribution is 2.17. The zero-order chi connectivity index (χ0) is 17.6. The Labute approximate surface area is 148 Å². The summed E-state index contributed by atoms with van der Waals surface area (Å²) in [5, 5.41) is 5.30. The number of benzene rings is 1. The summed E-state index contributed by atoms with van der Waals surface area (Å²) in [7, 11) is 0. The van der Waals surface area contributed by atoms with E-state index in [1.54, 1.807) is 5.38 Å². The predicted molar refractivity (Wildman–Crippen MR) is 92.1 cm³/mol. The molecule has 0 radical (unpaired) electrons. The number of nitrogens with one attached hydrogen (secondary N) is 1. The van der Waals surface area contributed by atoms with Gasteiger partial charge in [-0.05, 0) is 12.0 Å². The lowest BCUT2D eigenvalue weighted by molar-refractivity contribution is -0.143. The molecule has 1 aliphatic heterocycles. The number of ether oxygens (including phenoxy) is 1. The van der Waals surface area contributed by atoms with Crippen LogP contribution in [0.25, 0.3) is 0 Å². The Morgan fingerprint density at radius 3 is 2.80 bits per heavy atom. The second-order valence-electron chi connectivity index (χ2n) is 5.50. The lowest BCUT2D eigenvalue weighted by Gasteiger charge is -2.12. The minimum absolute atomic E-state index is 0.140. The van der Waals surface area contributed by atoms with Gasteiger partial charge in [0.25, 0.3) is 5.91 Å². The van der Waals surface area contributed by atoms with E-state index in [0.29, 0.717) is 31.1 Å². The van der Waals surface area contributed by atoms with Crippen LogP contribution in [0.15, 0.2) is 35.7 Å². The Kier molecular flexibility index (Phi) is 5.39. The van der Waals surface area contributed by atoms with Crippen molar-refractivity contribution in [1.29, 1.82) is 0 Å². The van der Waals surface area contributed by atoms with Crippen molar-refractivity contribution in [3.8, 4) is 0 Å². The van der Waals surface area contributed by atoms with E-state index in [2.05, 4.69) is 10.3 Å². The van der Waals surface area contributed by atoms with Crippen molar-refractivity contribution >= 4 is 34.3 Å². The summed E-state index contributed by atoms with van der Waals surface area (Å²) in [6, 6.07) is 9.81. The lowest BCUT2D eigenvalue weighted by Crippen LogP contribution is -2.35. The maximum absolute atomic E-state index is 12.0. The maximum Gasteiger partial charge on any atom is 0.358 e. The third-order valence-corrected chi connectivity index (χ3v) is 4.50. The largest absolute Gasteiger partial charge is 0.451 e. The number of aromatic nitrogens is 1. The molecule has 1 N–H and O–H groups in total. The number of amides is 2. The van der Waals surface area contributed by atoms with Gasteiger partial charge >= 0.3 is 5.97 Å². The average molecular weight is 359 g/mol. The minimum atomic E-state index is -0.677. The van der Waals surface area contributed by atoms with Crippen LogP contribution in [-0.2, 0) is 20.9 Å². The second kappa shape index (κ2) is 7.89. The molecule has 0 aliphatic carbocycles. The van der Waals surface area contributed by atoms with Crippen LogP contribution >= 0.6 is 11.3 Å². The highest BCUT2D eigenvalue weighted by molar-refractivity contribution is 7.13. The van der Waals surface area contributed by atoms with E-state index in [4.69, 9.17) is 4.74 Å². The molecule has 25 heavy (non-hydrogen) atoms. The van der Waals surface area contributed by atoms with Crippen molar-refractivity contribution in [2.75, 3.05) is 18.5 Å². The van der Waals surface area contributed by atoms with Gasteiger partial charge in [-0.15, -0.1) is 11.3 Å². The van der Waals surface area contributed by atoms with Crippen LogP contribution in [0.1, 0.15) is 28.9 Å². The van der Waals surface area contributed by atoms with E-state index >= 15 is 0 Å². The van der Waals surface area contributed by atoms with Crippen molar-refractivity contribution < 1.29 is 19.1 Å². The fourth-order valence-electron chi connectivity index (χ4n) is 2.41. The van der Waals surface area contributed by atoms with E-state index in [1.807, 2.05) is 30.3 Å². The zero-order valence-electron chi connectivity index (χ0n) is 13.4. The van der Waals surface area contributed by atoms with Gasteiger partial charge in [0.15, 0.2) is 17.4 Å². The molecule has 3 rings (SSSR count). The summed E-state index contributed by atoms with van der Waals surface area (Å²) in [5.74, 6) is -1.39. The molecule has 8 heteroatoms. The highest BCUT2D eigenvalue weighted by Gasteiger charge is 2.27. The second-order valence-corrected chi connectivity index (χ2v) is 6.35. The summed E-state index contributed by atoms with van der Waals surface area (Å²) >= 11 is 1.28. The number of hydrogen-bond donors (Lipinski definition) is 1. The molecule has 0 bridgehead atoms. The van der Waals surface area contributed by atoms with Gasteiger partial charge in [0, 0.05) is 24.9 Å². The monoisotopic (exact) mass is 359 g/mol. The van der Waals surface area contributed by atoms with E-state index < -0.39 is 18.5 Å². The van der Waals surface area contributed by atoms with E-state index in [1.165, 1.54) is 11.3 Å². The summed E-state index contributed by atoms with van der Waals surface area (Å²) in [6.07, 6.45) is 1.02. The first kappa shape index (κ1) is 17.1. The van der Waals surface area contributed by atoms with Gasteiger partial charge in [0.05, 0.1) is 0 Å². The van der Waals surface area contributed by atoms with Crippen LogP contribution in [-0.4, -0.2) is 40.8 Å². The number of imide groups is 1. The maximum atomic E-state index is 12.0. The molecule has 7 nitrogen and oxygen atoms in total. The molecule has 0 saturated carbocycles. The highest BCUT2D eigenvalue weighted by atomic mass is 32.1. The quantitative estimate of drug-likeness (QED) is 0.794. The van der Waals surface area contributed by atoms with Gasteiger partial charge in [-0.2, -0.15) is 0 Å². The molecule has 1 aromatic heterocycles. The van der Waals surface area contributed by atoms with Crippen LogP contribution in [0.5, 0.6) is 0 Å². The SMILES string of the molecule is O=C(OCC(=O)N1CCCC1=O)c1csc(NCc2ccccc2)n1. The number of esters is 1. The van der Waals surface area contributed by atoms with Crippen molar-refractivity contribution in [3.05, 3.63) is 47.0 Å². The fourth-order valence-corrected chi connectivity index (χ4v) is 3.09. The number of thiazole rings is 1. The van der Waals surface area contributed by atoms with Crippen molar-refractivity contribution in [1.82, 2.24) is 9.88 Å². The van der Waals surface area contributed by atoms with Crippen LogP contribution in [0.2, 0.25) is 0 Å². The molecule has 1 saturated heterocycles. The number of likely N-dealkylation sites (tertiary alicyclic amines) is 1. The number of nitrogens with zero attached hydrogens (tertiary/aromatic N) is 2. The third-order valence-electron chi connectivity index (χ3n) is 3.70. The first-order chi connectivity index (χ1) is 12.1. The van der Waals surface area contributed by atoms with Crippen LogP contribution in [0, 0.1) is 0 Å². The smallest absolute Gasteiger partial charge is 0.358 e. The summed E-state index contributed by atoms with van der Waals surface area (Å²) < 4.78 is 4.96. The molecule has 0 spiro atoms. The Bertz CT molecular complexity index is 775. The van der Waals surface area contributed by atoms with Crippen LogP contribution in [0.3, 0.4) is 0 Å². The van der Waals surface area contributed by atoms with Crippen molar-refractivity contribution in [3.63, 3.8) is 0 Å². The molecule has 1 aliphatic rings. The average Bonchev–Trinajstić information content (AvgIpc) is 3.27. The molecule has 130 valence electrons. The van der Waals surface area contributed by atoms with Crippen LogP contribution < -0.4 is 5.32 Å². The van der Waals surface area contributed by atoms with Gasteiger partial charge in [0.1, 0.15) is 0 Å². The number of anilines is 1. The van der Waals surface area contributed by atoms with Gasteiger partial charge < -0.3 is 10.1 Å². The summed E-state index contributed by atoms with van der Waals surface area (Å²) in [6.45, 7) is 0.534. The Morgan fingerprint density at radius 2 is 2.08 bits per heavy atom. The molecule has 2 aromatic rings. The molecule has 0 atom stereocenters. The molecule has 0 unspecified atom stereocenters. The van der Waals surface area contributed by atoms with E-state index in [9.17, 15) is 14.4 Å². The molecule has 1 aromatic carbocycles. The van der Waals surface area contributed by atoms with Gasteiger partial charge in [0.2, 0.25) is 5.91 Å². The lowest BCUT2D eigenvalue weighted by atomic mass is 10.2. The van der Waals surface area contributed by atoms with E-state index in [0.717, 1.165) is 10.5 Å². The molecule has 2 heterocycles. The van der Waals surface area contributed by atoms with Crippen molar-refractivity contribution in [2.24, 2.45) is 0 Å². The van der Waals surface area contributed by atoms with Gasteiger partial charge in [-0.3, -0.25) is 14.5 Å².